The molecule has 14 heteroatoms. The van der Waals surface area contributed by atoms with Gasteiger partial charge in [0, 0.05) is 44.6 Å². The van der Waals surface area contributed by atoms with Crippen molar-refractivity contribution < 1.29 is 57.8 Å². The highest BCUT2D eigenvalue weighted by atomic mass is 16.7. The molecule has 0 spiro atoms. The number of ether oxygens (including phenoxy) is 7. The highest BCUT2D eigenvalue weighted by molar-refractivity contribution is 5.83. The van der Waals surface area contributed by atoms with Crippen LogP contribution >= 0.6 is 0 Å². The van der Waals surface area contributed by atoms with Crippen molar-refractivity contribution in [1.29, 1.82) is 0 Å². The van der Waals surface area contributed by atoms with Gasteiger partial charge >= 0.3 is 12.1 Å². The number of aliphatic hydroxyl groups is 2. The van der Waals surface area contributed by atoms with Crippen LogP contribution in [0.3, 0.4) is 0 Å². The van der Waals surface area contributed by atoms with Crippen molar-refractivity contribution in [3.8, 4) is 5.75 Å². The molecule has 1 aromatic rings. The number of likely N-dealkylation sites (N-methyl/N-ethyl adjacent to an activating group) is 1. The maximum absolute atomic E-state index is 14.2. The molecule has 0 aromatic heterocycles. The van der Waals surface area contributed by atoms with E-state index in [0.29, 0.717) is 12.2 Å². The summed E-state index contributed by atoms with van der Waals surface area (Å²) >= 11 is 0. The Morgan fingerprint density at radius 2 is 1.63 bits per heavy atom. The van der Waals surface area contributed by atoms with Crippen molar-refractivity contribution in [2.45, 2.75) is 141 Å². The zero-order valence-corrected chi connectivity index (χ0v) is 34.5. The van der Waals surface area contributed by atoms with Crippen LogP contribution < -0.4 is 10.1 Å². The number of methoxy groups -OCH3 is 3. The monoisotopic (exact) mass is 766 g/mol. The lowest BCUT2D eigenvalue weighted by Gasteiger charge is -2.48. The van der Waals surface area contributed by atoms with E-state index >= 15 is 0 Å². The summed E-state index contributed by atoms with van der Waals surface area (Å²) in [5.41, 5.74) is -2.24. The number of carbonyl (C=O) groups excluding carboxylic acids is 3. The van der Waals surface area contributed by atoms with Crippen LogP contribution in [-0.4, -0.2) is 129 Å². The average molecular weight is 767 g/mol. The topological polar surface area (TPSA) is 172 Å². The molecule has 14 atom stereocenters. The predicted molar refractivity (Wildman–Crippen MR) is 201 cm³/mol. The Kier molecular flexibility index (Phi) is 16.3. The number of hydrogen-bond acceptors (Lipinski definition) is 13. The summed E-state index contributed by atoms with van der Waals surface area (Å²) in [6, 6.07) is 6.87. The maximum atomic E-state index is 14.2. The van der Waals surface area contributed by atoms with Gasteiger partial charge in [0.1, 0.15) is 35.4 Å². The van der Waals surface area contributed by atoms with Gasteiger partial charge < -0.3 is 53.6 Å². The van der Waals surface area contributed by atoms with E-state index in [0.717, 1.165) is 5.56 Å². The Hall–Kier alpha value is -2.85. The minimum Gasteiger partial charge on any atom is -0.497 e. The lowest BCUT2D eigenvalue weighted by Crippen LogP contribution is -2.61. The van der Waals surface area contributed by atoms with E-state index in [1.807, 2.05) is 38.1 Å². The van der Waals surface area contributed by atoms with Crippen LogP contribution in [0.25, 0.3) is 0 Å². The summed E-state index contributed by atoms with van der Waals surface area (Å²) < 4.78 is 42.3. The number of hydrogen-bond donors (Lipinski definition) is 3. The molecule has 0 bridgehead atoms. The third kappa shape index (κ3) is 10.5. The van der Waals surface area contributed by atoms with Crippen LogP contribution in [0.1, 0.15) is 80.2 Å². The quantitative estimate of drug-likeness (QED) is 0.291. The first-order chi connectivity index (χ1) is 25.3. The summed E-state index contributed by atoms with van der Waals surface area (Å²) in [5, 5.41) is 26.2. The molecule has 2 fully saturated rings. The second kappa shape index (κ2) is 19.3. The molecule has 3 N–H and O–H groups in total. The minimum atomic E-state index is -1.76. The van der Waals surface area contributed by atoms with Crippen LogP contribution in [-0.2, 0) is 44.6 Å². The van der Waals surface area contributed by atoms with Gasteiger partial charge in [0.25, 0.3) is 0 Å². The summed E-state index contributed by atoms with van der Waals surface area (Å²) in [5.74, 6) is -3.63. The minimum absolute atomic E-state index is 0.126. The number of aliphatic hydroxyl groups excluding tert-OH is 1. The van der Waals surface area contributed by atoms with E-state index in [4.69, 9.17) is 33.2 Å². The smallest absolute Gasteiger partial charge is 0.407 e. The van der Waals surface area contributed by atoms with Gasteiger partial charge in [-0.2, -0.15) is 0 Å². The first kappa shape index (κ1) is 45.5. The number of nitrogens with zero attached hydrogens (tertiary/aromatic N) is 1. The highest BCUT2D eigenvalue weighted by Crippen LogP contribution is 2.40. The van der Waals surface area contributed by atoms with E-state index in [-0.39, 0.29) is 37.3 Å². The fourth-order valence-electron chi connectivity index (χ4n) is 8.29. The molecule has 3 rings (SSSR count). The standard InChI is InChI=1S/C40H66N2O12/c1-14-30-40(8,47)35(49-12)24(4)31(43)22(2)20-39(7,50-13)34(54-37-32(44)29(42(9)10)19-23(3)51-37)25(5)33(26(6)36(45)52-30)53-38(46)41-21-27-15-17-28(48-11)18-16-27/h15-18,22-26,29-30,32-35,37,44,47H,14,19-21H2,1-13H3,(H,41,46)/t22-,23-,24-,25+,26-,29+,30-,32-,33+,34-,35-,37+,39-,40-/m1/s1. The number of alkyl carbamates (subject to hydrolysis) is 1. The number of benzene rings is 1. The maximum Gasteiger partial charge on any atom is 0.407 e. The van der Waals surface area contributed by atoms with Crippen LogP contribution in [0.15, 0.2) is 24.3 Å². The molecule has 1 aromatic carbocycles. The number of Topliss-reactive ketones (excluding diaryl/α,β-unsaturated/α-hetero) is 1. The molecule has 0 unspecified atom stereocenters. The zero-order valence-electron chi connectivity index (χ0n) is 34.5. The second-order valence-electron chi connectivity index (χ2n) is 15.9. The number of nitrogens with one attached hydrogen (secondary N) is 1. The lowest BCUT2D eigenvalue weighted by atomic mass is 9.73. The molecular formula is C40H66N2O12. The number of amides is 1. The third-order valence-electron chi connectivity index (χ3n) is 11.5. The SMILES string of the molecule is CC[C@H]1OC(=O)[C@H](C)[C@@H](OC(=O)NCc2ccc(OC)cc2)[C@H](C)[C@@H](O[C@@H]2O[C@H](C)C[C@H](N(C)C)[C@H]2O)[C@](C)(OC)C[C@@H](C)C(=O)[C@@H](C)[C@@H](OC)[C@]1(C)O. The number of carbonyl (C=O) groups is 3. The molecule has 0 aliphatic carbocycles. The van der Waals surface area contributed by atoms with Gasteiger partial charge in [-0.15, -0.1) is 0 Å². The van der Waals surface area contributed by atoms with Crippen molar-refractivity contribution in [1.82, 2.24) is 10.2 Å². The molecule has 54 heavy (non-hydrogen) atoms. The summed E-state index contributed by atoms with van der Waals surface area (Å²) in [6.45, 7) is 13.9. The Balaban J connectivity index is 2.15. The van der Waals surface area contributed by atoms with Gasteiger partial charge in [0.05, 0.1) is 36.9 Å². The molecule has 1 amide bonds. The Morgan fingerprint density at radius 1 is 1.00 bits per heavy atom. The third-order valence-corrected chi connectivity index (χ3v) is 11.5. The Labute approximate surface area is 321 Å². The summed E-state index contributed by atoms with van der Waals surface area (Å²) in [7, 11) is 8.22. The van der Waals surface area contributed by atoms with Gasteiger partial charge in [0.2, 0.25) is 0 Å². The van der Waals surface area contributed by atoms with Gasteiger partial charge in [-0.1, -0.05) is 39.8 Å². The zero-order chi connectivity index (χ0) is 40.7. The predicted octanol–water partition coefficient (Wildman–Crippen LogP) is 4.11. The van der Waals surface area contributed by atoms with Gasteiger partial charge in [0.15, 0.2) is 6.29 Å². The average Bonchev–Trinajstić information content (AvgIpc) is 3.13. The Morgan fingerprint density at radius 3 is 2.17 bits per heavy atom. The van der Waals surface area contributed by atoms with E-state index in [1.165, 1.54) is 21.1 Å². The number of ketones is 1. The number of rotatable bonds is 10. The summed E-state index contributed by atoms with van der Waals surface area (Å²) in [6.07, 6.45) is -6.68. The molecular weight excluding hydrogens is 700 g/mol. The first-order valence-electron chi connectivity index (χ1n) is 19.0. The van der Waals surface area contributed by atoms with E-state index in [2.05, 4.69) is 5.32 Å². The van der Waals surface area contributed by atoms with E-state index < -0.39 is 83.7 Å². The van der Waals surface area contributed by atoms with Crippen molar-refractivity contribution in [2.24, 2.45) is 23.7 Å². The van der Waals surface area contributed by atoms with Crippen molar-refractivity contribution in [2.75, 3.05) is 35.4 Å². The molecule has 2 aliphatic rings. The first-order valence-corrected chi connectivity index (χ1v) is 19.0. The van der Waals surface area contributed by atoms with Gasteiger partial charge in [-0.3, -0.25) is 9.59 Å². The number of cyclic esters (lactones) is 1. The van der Waals surface area contributed by atoms with Gasteiger partial charge in [-0.25, -0.2) is 4.79 Å². The van der Waals surface area contributed by atoms with Crippen LogP contribution in [0.5, 0.6) is 5.75 Å². The van der Waals surface area contributed by atoms with E-state index in [1.54, 1.807) is 60.8 Å². The molecule has 2 saturated heterocycles. The fourth-order valence-corrected chi connectivity index (χ4v) is 8.29. The highest BCUT2D eigenvalue weighted by Gasteiger charge is 2.53. The molecule has 0 saturated carbocycles. The Bertz CT molecular complexity index is 1370. The summed E-state index contributed by atoms with van der Waals surface area (Å²) in [4.78, 5) is 43.8. The van der Waals surface area contributed by atoms with Crippen LogP contribution in [0.2, 0.25) is 0 Å². The van der Waals surface area contributed by atoms with Crippen molar-refractivity contribution in [3.63, 3.8) is 0 Å². The van der Waals surface area contributed by atoms with E-state index in [9.17, 15) is 24.6 Å². The van der Waals surface area contributed by atoms with Gasteiger partial charge in [-0.05, 0) is 78.7 Å². The normalized spacial score (nSPS) is 38.7. The van der Waals surface area contributed by atoms with Crippen LogP contribution in [0.4, 0.5) is 4.79 Å². The molecule has 0 radical (unpaired) electrons. The second-order valence-corrected chi connectivity index (χ2v) is 15.9. The number of esters is 1. The molecule has 2 heterocycles. The largest absolute Gasteiger partial charge is 0.497 e. The lowest BCUT2D eigenvalue weighted by molar-refractivity contribution is -0.301. The van der Waals surface area contributed by atoms with Crippen LogP contribution in [0, 0.1) is 23.7 Å². The molecule has 2 aliphatic heterocycles. The van der Waals surface area contributed by atoms with Crippen molar-refractivity contribution >= 4 is 17.8 Å². The van der Waals surface area contributed by atoms with Crippen molar-refractivity contribution in [3.05, 3.63) is 29.8 Å². The molecule has 308 valence electrons. The molecule has 14 nitrogen and oxygen atoms in total. The fraction of sp³-hybridized carbons (Fsp3) is 0.775.